The summed E-state index contributed by atoms with van der Waals surface area (Å²) in [6, 6.07) is 5.71. The fourth-order valence-electron chi connectivity index (χ4n) is 2.19. The maximum Gasteiger partial charge on any atom is 0.153 e. The Morgan fingerprint density at radius 3 is 2.59 bits per heavy atom. The van der Waals surface area contributed by atoms with Crippen molar-refractivity contribution in [1.82, 2.24) is 0 Å². The van der Waals surface area contributed by atoms with Crippen molar-refractivity contribution in [1.29, 1.82) is 0 Å². The maximum atomic E-state index is 11.0. The zero-order valence-corrected chi connectivity index (χ0v) is 10.5. The summed E-state index contributed by atoms with van der Waals surface area (Å²) in [6.45, 7) is 0. The summed E-state index contributed by atoms with van der Waals surface area (Å²) < 4.78 is 5.93. The topological polar surface area (TPSA) is 29.5 Å². The van der Waals surface area contributed by atoms with Crippen LogP contribution in [-0.2, 0) is 0 Å². The molecular formula is C14H19NO2. The van der Waals surface area contributed by atoms with E-state index in [1.54, 1.807) is 0 Å². The van der Waals surface area contributed by atoms with Crippen LogP contribution in [0.2, 0.25) is 0 Å². The third kappa shape index (κ3) is 2.78. The number of anilines is 1. The van der Waals surface area contributed by atoms with Gasteiger partial charge in [-0.05, 0) is 37.8 Å². The standard InChI is InChI=1S/C14H19NO2/c1-15(2)12-8-7-11(10-16)14(9-12)17-13-5-3-4-6-13/h7-10,13H,3-6H2,1-2H3. The molecule has 1 saturated carbocycles. The number of hydrogen-bond donors (Lipinski definition) is 0. The minimum atomic E-state index is 0.283. The Labute approximate surface area is 102 Å². The molecule has 0 aliphatic heterocycles. The zero-order valence-electron chi connectivity index (χ0n) is 10.5. The molecule has 0 saturated heterocycles. The van der Waals surface area contributed by atoms with Crippen molar-refractivity contribution in [3.8, 4) is 5.75 Å². The second kappa shape index (κ2) is 5.21. The fourth-order valence-corrected chi connectivity index (χ4v) is 2.19. The Kier molecular flexibility index (Phi) is 3.67. The molecule has 0 radical (unpaired) electrons. The van der Waals surface area contributed by atoms with Crippen molar-refractivity contribution in [2.24, 2.45) is 0 Å². The monoisotopic (exact) mass is 233 g/mol. The van der Waals surface area contributed by atoms with E-state index >= 15 is 0 Å². The van der Waals surface area contributed by atoms with E-state index in [2.05, 4.69) is 0 Å². The van der Waals surface area contributed by atoms with Crippen LogP contribution in [0, 0.1) is 0 Å². The number of ether oxygens (including phenoxy) is 1. The van der Waals surface area contributed by atoms with E-state index in [9.17, 15) is 4.79 Å². The van der Waals surface area contributed by atoms with Gasteiger partial charge in [-0.15, -0.1) is 0 Å². The van der Waals surface area contributed by atoms with E-state index in [0.717, 1.165) is 30.6 Å². The molecule has 1 aromatic carbocycles. The minimum Gasteiger partial charge on any atom is -0.490 e. The minimum absolute atomic E-state index is 0.283. The first-order valence-electron chi connectivity index (χ1n) is 6.14. The zero-order chi connectivity index (χ0) is 12.3. The van der Waals surface area contributed by atoms with Crippen molar-refractivity contribution in [2.45, 2.75) is 31.8 Å². The van der Waals surface area contributed by atoms with Crippen LogP contribution in [0.3, 0.4) is 0 Å². The molecule has 1 fully saturated rings. The lowest BCUT2D eigenvalue weighted by Gasteiger charge is -2.18. The highest BCUT2D eigenvalue weighted by Gasteiger charge is 2.18. The highest BCUT2D eigenvalue weighted by atomic mass is 16.5. The summed E-state index contributed by atoms with van der Waals surface area (Å²) in [5, 5.41) is 0. The van der Waals surface area contributed by atoms with E-state index in [4.69, 9.17) is 4.74 Å². The molecule has 0 unspecified atom stereocenters. The van der Waals surface area contributed by atoms with Crippen molar-refractivity contribution in [3.05, 3.63) is 23.8 Å². The second-order valence-corrected chi connectivity index (χ2v) is 4.76. The SMILES string of the molecule is CN(C)c1ccc(C=O)c(OC2CCCC2)c1. The largest absolute Gasteiger partial charge is 0.490 e. The summed E-state index contributed by atoms with van der Waals surface area (Å²) in [5.41, 5.74) is 1.70. The molecule has 1 aliphatic rings. The highest BCUT2D eigenvalue weighted by molar-refractivity contribution is 5.80. The molecule has 0 N–H and O–H groups in total. The van der Waals surface area contributed by atoms with E-state index in [-0.39, 0.29) is 6.10 Å². The Morgan fingerprint density at radius 1 is 1.29 bits per heavy atom. The number of carbonyl (C=O) groups excluding carboxylic acids is 1. The first kappa shape index (κ1) is 12.0. The Bertz CT molecular complexity index is 395. The van der Waals surface area contributed by atoms with Crippen LogP contribution in [0.4, 0.5) is 5.69 Å². The Balaban J connectivity index is 2.21. The molecule has 0 amide bonds. The maximum absolute atomic E-state index is 11.0. The van der Waals surface area contributed by atoms with E-state index in [1.807, 2.05) is 37.2 Å². The Morgan fingerprint density at radius 2 is 2.00 bits per heavy atom. The van der Waals surface area contributed by atoms with Gasteiger partial charge in [0.25, 0.3) is 0 Å². The van der Waals surface area contributed by atoms with Gasteiger partial charge in [0, 0.05) is 25.8 Å². The predicted octanol–water partition coefficient (Wildman–Crippen LogP) is 2.89. The molecule has 0 atom stereocenters. The van der Waals surface area contributed by atoms with Gasteiger partial charge < -0.3 is 9.64 Å². The van der Waals surface area contributed by atoms with Crippen LogP contribution in [0.15, 0.2) is 18.2 Å². The van der Waals surface area contributed by atoms with Crippen LogP contribution in [-0.4, -0.2) is 26.5 Å². The van der Waals surface area contributed by atoms with Crippen LogP contribution >= 0.6 is 0 Å². The van der Waals surface area contributed by atoms with Gasteiger partial charge in [-0.1, -0.05) is 0 Å². The smallest absolute Gasteiger partial charge is 0.153 e. The molecule has 1 aromatic rings. The summed E-state index contributed by atoms with van der Waals surface area (Å²) >= 11 is 0. The lowest BCUT2D eigenvalue weighted by molar-refractivity contribution is 0.111. The number of carbonyl (C=O) groups is 1. The molecule has 0 bridgehead atoms. The number of rotatable bonds is 4. The number of benzene rings is 1. The number of hydrogen-bond acceptors (Lipinski definition) is 3. The molecular weight excluding hydrogens is 214 g/mol. The van der Waals surface area contributed by atoms with Crippen LogP contribution in [0.25, 0.3) is 0 Å². The highest BCUT2D eigenvalue weighted by Crippen LogP contribution is 2.29. The van der Waals surface area contributed by atoms with Crippen LogP contribution < -0.4 is 9.64 Å². The van der Waals surface area contributed by atoms with Gasteiger partial charge in [-0.3, -0.25) is 4.79 Å². The first-order valence-corrected chi connectivity index (χ1v) is 6.14. The van der Waals surface area contributed by atoms with Crippen molar-refractivity contribution in [3.63, 3.8) is 0 Å². The molecule has 0 spiro atoms. The summed E-state index contributed by atoms with van der Waals surface area (Å²) in [7, 11) is 3.96. The van der Waals surface area contributed by atoms with Crippen LogP contribution in [0.5, 0.6) is 5.75 Å². The molecule has 2 rings (SSSR count). The summed E-state index contributed by atoms with van der Waals surface area (Å²) in [5.74, 6) is 0.720. The fraction of sp³-hybridized carbons (Fsp3) is 0.500. The predicted molar refractivity (Wildman–Crippen MR) is 69.0 cm³/mol. The molecule has 0 aromatic heterocycles. The molecule has 92 valence electrons. The normalized spacial score (nSPS) is 15.9. The number of nitrogens with zero attached hydrogens (tertiary/aromatic N) is 1. The molecule has 17 heavy (non-hydrogen) atoms. The lowest BCUT2D eigenvalue weighted by Crippen LogP contribution is -2.14. The molecule has 0 heterocycles. The first-order chi connectivity index (χ1) is 8.20. The van der Waals surface area contributed by atoms with Crippen LogP contribution in [0.1, 0.15) is 36.0 Å². The van der Waals surface area contributed by atoms with E-state index < -0.39 is 0 Å². The van der Waals surface area contributed by atoms with Gasteiger partial charge in [0.05, 0.1) is 11.7 Å². The molecule has 3 nitrogen and oxygen atoms in total. The van der Waals surface area contributed by atoms with E-state index in [0.29, 0.717) is 5.56 Å². The third-order valence-electron chi connectivity index (χ3n) is 3.24. The average molecular weight is 233 g/mol. The summed E-state index contributed by atoms with van der Waals surface area (Å²) in [6.07, 6.45) is 5.81. The number of aldehydes is 1. The van der Waals surface area contributed by atoms with Crippen molar-refractivity contribution in [2.75, 3.05) is 19.0 Å². The quantitative estimate of drug-likeness (QED) is 0.749. The average Bonchev–Trinajstić information content (AvgIpc) is 2.81. The van der Waals surface area contributed by atoms with Gasteiger partial charge in [-0.25, -0.2) is 0 Å². The van der Waals surface area contributed by atoms with Gasteiger partial charge in [0.2, 0.25) is 0 Å². The lowest BCUT2D eigenvalue weighted by atomic mass is 10.2. The van der Waals surface area contributed by atoms with Gasteiger partial charge in [0.15, 0.2) is 6.29 Å². The third-order valence-corrected chi connectivity index (χ3v) is 3.24. The molecule has 1 aliphatic carbocycles. The van der Waals surface area contributed by atoms with Gasteiger partial charge in [0.1, 0.15) is 5.75 Å². The van der Waals surface area contributed by atoms with Gasteiger partial charge in [-0.2, -0.15) is 0 Å². The van der Waals surface area contributed by atoms with E-state index in [1.165, 1.54) is 12.8 Å². The van der Waals surface area contributed by atoms with Gasteiger partial charge >= 0.3 is 0 Å². The molecule has 3 heteroatoms. The van der Waals surface area contributed by atoms with Crippen molar-refractivity contribution >= 4 is 12.0 Å². The Hall–Kier alpha value is -1.51. The van der Waals surface area contributed by atoms with Crippen molar-refractivity contribution < 1.29 is 9.53 Å². The second-order valence-electron chi connectivity index (χ2n) is 4.76. The summed E-state index contributed by atoms with van der Waals surface area (Å²) in [4.78, 5) is 13.0.